The summed E-state index contributed by atoms with van der Waals surface area (Å²) in [7, 11) is 0. The maximum absolute atomic E-state index is 12.8. The van der Waals surface area contributed by atoms with Crippen molar-refractivity contribution in [2.45, 2.75) is 13.5 Å². The fourth-order valence-electron chi connectivity index (χ4n) is 2.08. The number of aryl methyl sites for hydroxylation is 1. The van der Waals surface area contributed by atoms with Crippen LogP contribution in [0.5, 0.6) is 0 Å². The lowest BCUT2D eigenvalue weighted by Crippen LogP contribution is -2.23. The Morgan fingerprint density at radius 3 is 2.74 bits per heavy atom. The molecule has 1 aromatic heterocycles. The summed E-state index contributed by atoms with van der Waals surface area (Å²) in [6.07, 6.45) is 0. The molecule has 0 aliphatic heterocycles. The molecule has 0 aliphatic carbocycles. The minimum Gasteiger partial charge on any atom is -0.345 e. The molecule has 6 heteroatoms. The van der Waals surface area contributed by atoms with Gasteiger partial charge < -0.3 is 9.84 Å². The number of hydrogen-bond acceptors (Lipinski definition) is 4. The fourth-order valence-corrected chi connectivity index (χ4v) is 2.08. The quantitative estimate of drug-likeness (QED) is 0.804. The van der Waals surface area contributed by atoms with Gasteiger partial charge in [0.2, 0.25) is 0 Å². The highest BCUT2D eigenvalue weighted by molar-refractivity contribution is 5.94. The highest BCUT2D eigenvalue weighted by Crippen LogP contribution is 2.18. The van der Waals surface area contributed by atoms with Gasteiger partial charge in [-0.3, -0.25) is 4.79 Å². The smallest absolute Gasteiger partial charge is 0.257 e. The van der Waals surface area contributed by atoms with Gasteiger partial charge >= 0.3 is 0 Å². The van der Waals surface area contributed by atoms with Crippen LogP contribution in [0.25, 0.3) is 11.5 Å². The van der Waals surface area contributed by atoms with Gasteiger partial charge in [0.25, 0.3) is 11.8 Å². The number of carbonyl (C=O) groups is 1. The van der Waals surface area contributed by atoms with E-state index in [0.717, 1.165) is 11.1 Å². The van der Waals surface area contributed by atoms with Gasteiger partial charge in [-0.1, -0.05) is 22.9 Å². The first-order chi connectivity index (χ1) is 11.1. The molecule has 1 heterocycles. The van der Waals surface area contributed by atoms with Crippen molar-refractivity contribution in [2.24, 2.45) is 0 Å². The third-order valence-corrected chi connectivity index (χ3v) is 3.25. The molecule has 0 atom stereocenters. The highest BCUT2D eigenvalue weighted by Gasteiger charge is 2.11. The van der Waals surface area contributed by atoms with Gasteiger partial charge in [0.1, 0.15) is 5.82 Å². The van der Waals surface area contributed by atoms with Gasteiger partial charge in [-0.15, -0.1) is 0 Å². The first kappa shape index (κ1) is 14.9. The SMILES string of the molecule is Cc1cccc(-c2nc(CNC(=O)c3ccc(F)cc3)no2)c1. The van der Waals surface area contributed by atoms with Crippen LogP contribution in [0.4, 0.5) is 4.39 Å². The Kier molecular flexibility index (Phi) is 4.14. The molecular formula is C17H14FN3O2. The molecule has 0 spiro atoms. The second-order valence-electron chi connectivity index (χ2n) is 5.07. The van der Waals surface area contributed by atoms with E-state index in [0.29, 0.717) is 17.3 Å². The van der Waals surface area contributed by atoms with E-state index in [1.54, 1.807) is 0 Å². The molecule has 1 amide bonds. The van der Waals surface area contributed by atoms with Crippen molar-refractivity contribution in [2.75, 3.05) is 0 Å². The molecule has 1 N–H and O–H groups in total. The number of halogens is 1. The molecule has 0 saturated carbocycles. The monoisotopic (exact) mass is 311 g/mol. The molecule has 0 radical (unpaired) electrons. The summed E-state index contributed by atoms with van der Waals surface area (Å²) in [5.41, 5.74) is 2.29. The molecule has 3 aromatic rings. The van der Waals surface area contributed by atoms with Crippen LogP contribution in [0.3, 0.4) is 0 Å². The first-order valence-corrected chi connectivity index (χ1v) is 7.05. The van der Waals surface area contributed by atoms with Crippen LogP contribution >= 0.6 is 0 Å². The summed E-state index contributed by atoms with van der Waals surface area (Å²) in [5, 5.41) is 6.51. The molecule has 2 aromatic carbocycles. The number of nitrogens with zero attached hydrogens (tertiary/aromatic N) is 2. The average Bonchev–Trinajstić information content (AvgIpc) is 3.02. The summed E-state index contributed by atoms with van der Waals surface area (Å²) in [4.78, 5) is 16.2. The maximum Gasteiger partial charge on any atom is 0.257 e. The number of aromatic nitrogens is 2. The predicted molar refractivity (Wildman–Crippen MR) is 82.0 cm³/mol. The number of nitrogens with one attached hydrogen (secondary N) is 1. The summed E-state index contributed by atoms with van der Waals surface area (Å²) in [6.45, 7) is 2.11. The third-order valence-electron chi connectivity index (χ3n) is 3.25. The van der Waals surface area contributed by atoms with Crippen LogP contribution in [-0.2, 0) is 6.54 Å². The molecule has 23 heavy (non-hydrogen) atoms. The van der Waals surface area contributed by atoms with E-state index < -0.39 is 0 Å². The van der Waals surface area contributed by atoms with Crippen molar-refractivity contribution in [3.63, 3.8) is 0 Å². The predicted octanol–water partition coefficient (Wildman–Crippen LogP) is 3.11. The maximum atomic E-state index is 12.8. The van der Waals surface area contributed by atoms with Crippen LogP contribution in [0.15, 0.2) is 53.1 Å². The average molecular weight is 311 g/mol. The molecule has 116 valence electrons. The first-order valence-electron chi connectivity index (χ1n) is 7.05. The lowest BCUT2D eigenvalue weighted by atomic mass is 10.1. The Bertz CT molecular complexity index is 828. The molecule has 0 saturated heterocycles. The molecular weight excluding hydrogens is 297 g/mol. The Balaban J connectivity index is 1.65. The number of carbonyl (C=O) groups excluding carboxylic acids is 1. The molecule has 5 nitrogen and oxygen atoms in total. The Hall–Kier alpha value is -3.02. The summed E-state index contributed by atoms with van der Waals surface area (Å²) in [5.74, 6) is 0.0612. The molecule has 3 rings (SSSR count). The van der Waals surface area contributed by atoms with Crippen LogP contribution in [0, 0.1) is 12.7 Å². The van der Waals surface area contributed by atoms with Crippen molar-refractivity contribution in [3.05, 3.63) is 71.3 Å². The normalized spacial score (nSPS) is 10.5. The van der Waals surface area contributed by atoms with Gasteiger partial charge in [-0.05, 0) is 43.3 Å². The van der Waals surface area contributed by atoms with E-state index >= 15 is 0 Å². The van der Waals surface area contributed by atoms with Gasteiger partial charge in [0.05, 0.1) is 6.54 Å². The zero-order chi connectivity index (χ0) is 16.2. The van der Waals surface area contributed by atoms with Gasteiger partial charge in [0, 0.05) is 11.1 Å². The minimum absolute atomic E-state index is 0.130. The standard InChI is InChI=1S/C17H14FN3O2/c1-11-3-2-4-13(9-11)17-20-15(21-23-17)10-19-16(22)12-5-7-14(18)8-6-12/h2-9H,10H2,1H3,(H,19,22). The molecule has 0 bridgehead atoms. The number of hydrogen-bond donors (Lipinski definition) is 1. The van der Waals surface area contributed by atoms with Crippen molar-refractivity contribution in [3.8, 4) is 11.5 Å². The second kappa shape index (κ2) is 6.39. The van der Waals surface area contributed by atoms with Crippen LogP contribution in [0.1, 0.15) is 21.7 Å². The summed E-state index contributed by atoms with van der Waals surface area (Å²) < 4.78 is 18.0. The zero-order valence-electron chi connectivity index (χ0n) is 12.4. The fraction of sp³-hybridized carbons (Fsp3) is 0.118. The minimum atomic E-state index is -0.387. The van der Waals surface area contributed by atoms with Gasteiger partial charge in [-0.25, -0.2) is 4.39 Å². The van der Waals surface area contributed by atoms with E-state index in [9.17, 15) is 9.18 Å². The van der Waals surface area contributed by atoms with E-state index in [1.165, 1.54) is 24.3 Å². The highest BCUT2D eigenvalue weighted by atomic mass is 19.1. The lowest BCUT2D eigenvalue weighted by Gasteiger charge is -2.01. The van der Waals surface area contributed by atoms with Gasteiger partial charge in [-0.2, -0.15) is 4.98 Å². The summed E-state index contributed by atoms with van der Waals surface area (Å²) in [6, 6.07) is 13.0. The van der Waals surface area contributed by atoms with Crippen LogP contribution in [-0.4, -0.2) is 16.0 Å². The van der Waals surface area contributed by atoms with E-state index in [2.05, 4.69) is 15.5 Å². The van der Waals surface area contributed by atoms with Crippen LogP contribution < -0.4 is 5.32 Å². The van der Waals surface area contributed by atoms with Crippen LogP contribution in [0.2, 0.25) is 0 Å². The van der Waals surface area contributed by atoms with Gasteiger partial charge in [0.15, 0.2) is 5.82 Å². The molecule has 0 fully saturated rings. The third kappa shape index (κ3) is 3.60. The Morgan fingerprint density at radius 1 is 1.22 bits per heavy atom. The molecule has 0 aliphatic rings. The second-order valence-corrected chi connectivity index (χ2v) is 5.07. The van der Waals surface area contributed by atoms with Crippen molar-refractivity contribution < 1.29 is 13.7 Å². The Morgan fingerprint density at radius 2 is 2.00 bits per heavy atom. The Labute approximate surface area is 132 Å². The van der Waals surface area contributed by atoms with Crippen molar-refractivity contribution in [1.29, 1.82) is 0 Å². The van der Waals surface area contributed by atoms with E-state index in [4.69, 9.17) is 4.52 Å². The number of rotatable bonds is 4. The van der Waals surface area contributed by atoms with Crippen molar-refractivity contribution in [1.82, 2.24) is 15.5 Å². The molecule has 0 unspecified atom stereocenters. The number of benzene rings is 2. The van der Waals surface area contributed by atoms with E-state index in [1.807, 2.05) is 31.2 Å². The number of amides is 1. The lowest BCUT2D eigenvalue weighted by molar-refractivity contribution is 0.0949. The zero-order valence-corrected chi connectivity index (χ0v) is 12.4. The summed E-state index contributed by atoms with van der Waals surface area (Å²) >= 11 is 0. The largest absolute Gasteiger partial charge is 0.345 e. The van der Waals surface area contributed by atoms with E-state index in [-0.39, 0.29) is 18.3 Å². The van der Waals surface area contributed by atoms with Crippen molar-refractivity contribution >= 4 is 5.91 Å². The topological polar surface area (TPSA) is 68.0 Å².